The summed E-state index contributed by atoms with van der Waals surface area (Å²) < 4.78 is 5.15. The second-order valence-corrected chi connectivity index (χ2v) is 6.88. The summed E-state index contributed by atoms with van der Waals surface area (Å²) in [5, 5.41) is 3.06. The van der Waals surface area contributed by atoms with Gasteiger partial charge in [0, 0.05) is 36.7 Å². The molecule has 4 rings (SSSR count). The smallest absolute Gasteiger partial charge is 0.229 e. The molecule has 2 heterocycles. The zero-order valence-electron chi connectivity index (χ0n) is 14.7. The normalized spacial score (nSPS) is 22.2. The fourth-order valence-electron chi connectivity index (χ4n) is 3.76. The van der Waals surface area contributed by atoms with E-state index < -0.39 is 0 Å². The fraction of sp³-hybridized carbons (Fsp3) is 0.421. The van der Waals surface area contributed by atoms with Crippen LogP contribution in [0.15, 0.2) is 30.6 Å². The van der Waals surface area contributed by atoms with E-state index in [0.717, 1.165) is 35.7 Å². The number of fused-ring (bicyclic) bond motifs is 1. The molecule has 1 saturated heterocycles. The van der Waals surface area contributed by atoms with Gasteiger partial charge in [-0.05, 0) is 37.1 Å². The highest BCUT2D eigenvalue weighted by Crippen LogP contribution is 2.26. The summed E-state index contributed by atoms with van der Waals surface area (Å²) in [5.41, 5.74) is 2.95. The molecule has 2 N–H and O–H groups in total. The second kappa shape index (κ2) is 6.82. The van der Waals surface area contributed by atoms with Gasteiger partial charge in [0.2, 0.25) is 11.8 Å². The molecule has 1 fully saturated rings. The summed E-state index contributed by atoms with van der Waals surface area (Å²) in [6.07, 6.45) is 4.32. The number of nitrogens with zero attached hydrogens (tertiary/aromatic N) is 2. The molecule has 2 aromatic rings. The standard InChI is InChI=1S/C19H22N4O3/c1-26-15-5-3-14(4-6-15)23-10-13(9-18(23)24)22-19(25)12-2-7-16-17(8-12)21-11-20-16/h3-6,11-13H,2,7-10H2,1H3,(H,20,21)(H,22,25)/t12-,13+/m1/s1. The van der Waals surface area contributed by atoms with Crippen LogP contribution in [0.1, 0.15) is 24.2 Å². The van der Waals surface area contributed by atoms with Crippen LogP contribution in [0.5, 0.6) is 5.75 Å². The molecule has 0 saturated carbocycles. The van der Waals surface area contributed by atoms with Crippen LogP contribution in [0, 0.1) is 5.92 Å². The minimum atomic E-state index is -0.153. The average Bonchev–Trinajstić information content (AvgIpc) is 3.27. The number of amides is 2. The predicted molar refractivity (Wildman–Crippen MR) is 96.0 cm³/mol. The minimum absolute atomic E-state index is 0.0274. The van der Waals surface area contributed by atoms with Gasteiger partial charge in [-0.3, -0.25) is 9.59 Å². The highest BCUT2D eigenvalue weighted by Gasteiger charge is 2.34. The molecule has 0 bridgehead atoms. The van der Waals surface area contributed by atoms with Crippen molar-refractivity contribution >= 4 is 17.5 Å². The van der Waals surface area contributed by atoms with Crippen molar-refractivity contribution < 1.29 is 14.3 Å². The van der Waals surface area contributed by atoms with Gasteiger partial charge in [0.25, 0.3) is 0 Å². The van der Waals surface area contributed by atoms with Gasteiger partial charge >= 0.3 is 0 Å². The molecule has 1 aliphatic carbocycles. The maximum absolute atomic E-state index is 12.6. The first kappa shape index (κ1) is 16.6. The lowest BCUT2D eigenvalue weighted by molar-refractivity contribution is -0.126. The third-order valence-electron chi connectivity index (χ3n) is 5.21. The van der Waals surface area contributed by atoms with E-state index in [0.29, 0.717) is 19.4 Å². The molecule has 0 unspecified atom stereocenters. The number of methoxy groups -OCH3 is 1. The maximum atomic E-state index is 12.6. The van der Waals surface area contributed by atoms with Crippen molar-refractivity contribution in [2.24, 2.45) is 5.92 Å². The van der Waals surface area contributed by atoms with E-state index in [-0.39, 0.29) is 23.8 Å². The first-order valence-corrected chi connectivity index (χ1v) is 8.90. The van der Waals surface area contributed by atoms with Crippen LogP contribution in [0.2, 0.25) is 0 Å². The Morgan fingerprint density at radius 3 is 2.88 bits per heavy atom. The number of aryl methyl sites for hydroxylation is 1. The number of aromatic amines is 1. The number of anilines is 1. The Morgan fingerprint density at radius 1 is 1.31 bits per heavy atom. The third kappa shape index (κ3) is 3.16. The lowest BCUT2D eigenvalue weighted by Gasteiger charge is -2.23. The Morgan fingerprint density at radius 2 is 2.12 bits per heavy atom. The van der Waals surface area contributed by atoms with Crippen molar-refractivity contribution in [3.8, 4) is 5.75 Å². The SMILES string of the molecule is COc1ccc(N2C[C@@H](NC(=O)[C@@H]3CCc4nc[nH]c4C3)CC2=O)cc1. The molecule has 1 aromatic heterocycles. The number of benzene rings is 1. The van der Waals surface area contributed by atoms with Gasteiger partial charge in [0.05, 0.1) is 25.2 Å². The number of aromatic nitrogens is 2. The van der Waals surface area contributed by atoms with Gasteiger partial charge in [-0.2, -0.15) is 0 Å². The Balaban J connectivity index is 1.37. The van der Waals surface area contributed by atoms with Crippen LogP contribution in [-0.2, 0) is 22.4 Å². The summed E-state index contributed by atoms with van der Waals surface area (Å²) in [4.78, 5) is 34.1. The summed E-state index contributed by atoms with van der Waals surface area (Å²) >= 11 is 0. The minimum Gasteiger partial charge on any atom is -0.497 e. The van der Waals surface area contributed by atoms with Crippen LogP contribution in [-0.4, -0.2) is 41.5 Å². The molecular weight excluding hydrogens is 332 g/mol. The molecule has 26 heavy (non-hydrogen) atoms. The number of rotatable bonds is 4. The van der Waals surface area contributed by atoms with Gasteiger partial charge < -0.3 is 19.9 Å². The molecule has 1 aromatic carbocycles. The molecule has 0 radical (unpaired) electrons. The Labute approximate surface area is 151 Å². The van der Waals surface area contributed by atoms with E-state index in [9.17, 15) is 9.59 Å². The topological polar surface area (TPSA) is 87.3 Å². The summed E-state index contributed by atoms with van der Waals surface area (Å²) in [7, 11) is 1.61. The molecule has 136 valence electrons. The van der Waals surface area contributed by atoms with Gasteiger partial charge in [0.1, 0.15) is 5.75 Å². The molecule has 1 aliphatic heterocycles. The highest BCUT2D eigenvalue weighted by atomic mass is 16.5. The van der Waals surface area contributed by atoms with Crippen molar-refractivity contribution in [1.82, 2.24) is 15.3 Å². The number of nitrogens with one attached hydrogen (secondary N) is 2. The second-order valence-electron chi connectivity index (χ2n) is 6.88. The average molecular weight is 354 g/mol. The number of hydrogen-bond donors (Lipinski definition) is 2. The van der Waals surface area contributed by atoms with Gasteiger partial charge in [-0.25, -0.2) is 4.98 Å². The third-order valence-corrected chi connectivity index (χ3v) is 5.21. The molecule has 2 amide bonds. The van der Waals surface area contributed by atoms with Crippen molar-refractivity contribution in [3.05, 3.63) is 42.0 Å². The van der Waals surface area contributed by atoms with Crippen LogP contribution >= 0.6 is 0 Å². The quantitative estimate of drug-likeness (QED) is 0.870. The monoisotopic (exact) mass is 354 g/mol. The van der Waals surface area contributed by atoms with E-state index in [1.807, 2.05) is 24.3 Å². The van der Waals surface area contributed by atoms with Crippen LogP contribution in [0.25, 0.3) is 0 Å². The van der Waals surface area contributed by atoms with Crippen LogP contribution < -0.4 is 15.0 Å². The molecule has 0 spiro atoms. The number of ether oxygens (including phenoxy) is 1. The van der Waals surface area contributed by atoms with E-state index in [1.54, 1.807) is 18.3 Å². The molecular formula is C19H22N4O3. The molecule has 7 nitrogen and oxygen atoms in total. The molecule has 2 aliphatic rings. The summed E-state index contributed by atoms with van der Waals surface area (Å²) in [5.74, 6) is 0.744. The van der Waals surface area contributed by atoms with Crippen molar-refractivity contribution in [3.63, 3.8) is 0 Å². The number of carbonyl (C=O) groups excluding carboxylic acids is 2. The number of H-pyrrole nitrogens is 1. The zero-order valence-corrected chi connectivity index (χ0v) is 14.7. The van der Waals surface area contributed by atoms with Gasteiger partial charge in [-0.1, -0.05) is 0 Å². The van der Waals surface area contributed by atoms with E-state index in [2.05, 4.69) is 15.3 Å². The van der Waals surface area contributed by atoms with Crippen LogP contribution in [0.3, 0.4) is 0 Å². The largest absolute Gasteiger partial charge is 0.497 e. The predicted octanol–water partition coefficient (Wildman–Crippen LogP) is 1.44. The highest BCUT2D eigenvalue weighted by molar-refractivity contribution is 5.97. The zero-order chi connectivity index (χ0) is 18.1. The lowest BCUT2D eigenvalue weighted by atomic mass is 9.89. The van der Waals surface area contributed by atoms with E-state index >= 15 is 0 Å². The fourth-order valence-corrected chi connectivity index (χ4v) is 3.76. The maximum Gasteiger partial charge on any atom is 0.229 e. The summed E-state index contributed by atoms with van der Waals surface area (Å²) in [6, 6.07) is 7.24. The van der Waals surface area contributed by atoms with E-state index in [1.165, 1.54) is 0 Å². The first-order chi connectivity index (χ1) is 12.6. The molecule has 2 atom stereocenters. The first-order valence-electron chi connectivity index (χ1n) is 8.90. The number of carbonyl (C=O) groups is 2. The van der Waals surface area contributed by atoms with Gasteiger partial charge in [-0.15, -0.1) is 0 Å². The lowest BCUT2D eigenvalue weighted by Crippen LogP contribution is -2.42. The van der Waals surface area contributed by atoms with Crippen molar-refractivity contribution in [1.29, 1.82) is 0 Å². The summed E-state index contributed by atoms with van der Waals surface area (Å²) in [6.45, 7) is 0.499. The van der Waals surface area contributed by atoms with E-state index in [4.69, 9.17) is 4.74 Å². The Kier molecular flexibility index (Phi) is 4.36. The number of hydrogen-bond acceptors (Lipinski definition) is 4. The Bertz CT molecular complexity index is 814. The van der Waals surface area contributed by atoms with Crippen LogP contribution in [0.4, 0.5) is 5.69 Å². The van der Waals surface area contributed by atoms with Crippen molar-refractivity contribution in [2.75, 3.05) is 18.6 Å². The van der Waals surface area contributed by atoms with Gasteiger partial charge in [0.15, 0.2) is 0 Å². The Hall–Kier alpha value is -2.83. The van der Waals surface area contributed by atoms with Crippen molar-refractivity contribution in [2.45, 2.75) is 31.7 Å². The number of imidazole rings is 1. The molecule has 7 heteroatoms.